The van der Waals surface area contributed by atoms with Crippen LogP contribution in [0.4, 0.5) is 11.4 Å². The Kier molecular flexibility index (Phi) is 6.11. The molecule has 0 aliphatic rings. The molecule has 36 heavy (non-hydrogen) atoms. The van der Waals surface area contributed by atoms with E-state index >= 15 is 0 Å². The molecule has 0 saturated heterocycles. The highest BCUT2D eigenvalue weighted by molar-refractivity contribution is 6.10. The molecule has 0 unspecified atom stereocenters. The van der Waals surface area contributed by atoms with Gasteiger partial charge in [-0.1, -0.05) is 42.5 Å². The first-order chi connectivity index (χ1) is 17.5. The van der Waals surface area contributed by atoms with E-state index in [1.807, 2.05) is 18.2 Å². The van der Waals surface area contributed by atoms with Crippen LogP contribution in [0.5, 0.6) is 0 Å². The van der Waals surface area contributed by atoms with E-state index in [0.29, 0.717) is 44.9 Å². The Labute approximate surface area is 207 Å². The molecule has 0 atom stereocenters. The fourth-order valence-electron chi connectivity index (χ4n) is 3.99. The van der Waals surface area contributed by atoms with E-state index in [-0.39, 0.29) is 17.4 Å². The van der Waals surface area contributed by atoms with Crippen molar-refractivity contribution >= 4 is 34.1 Å². The number of nitrogens with one attached hydrogen (secondary N) is 2. The van der Waals surface area contributed by atoms with Crippen molar-refractivity contribution in [3.63, 3.8) is 0 Å². The van der Waals surface area contributed by atoms with Crippen molar-refractivity contribution in [1.29, 1.82) is 0 Å². The van der Waals surface area contributed by atoms with Crippen LogP contribution in [-0.4, -0.2) is 21.4 Å². The minimum atomic E-state index is -0.344. The lowest BCUT2D eigenvalue weighted by Crippen LogP contribution is -2.22. The smallest absolute Gasteiger partial charge is 0.265 e. The summed E-state index contributed by atoms with van der Waals surface area (Å²) in [6.07, 6.45) is 0. The lowest BCUT2D eigenvalue weighted by molar-refractivity contribution is 0.101. The number of amides is 2. The molecule has 0 fully saturated rings. The fourth-order valence-corrected chi connectivity index (χ4v) is 3.99. The topological polar surface area (TPSA) is 93.1 Å². The van der Waals surface area contributed by atoms with E-state index in [9.17, 15) is 14.4 Å². The Morgan fingerprint density at radius 3 is 1.83 bits per heavy atom. The maximum atomic E-state index is 13.0. The molecule has 1 heterocycles. The predicted octanol–water partition coefficient (Wildman–Crippen LogP) is 5.20. The first kappa shape index (κ1) is 22.7. The van der Waals surface area contributed by atoms with E-state index in [1.54, 1.807) is 91.9 Å². The number of rotatable bonds is 5. The molecule has 0 spiro atoms. The number of carbonyl (C=O) groups is 2. The quantitative estimate of drug-likeness (QED) is 0.366. The second kappa shape index (κ2) is 9.68. The normalized spacial score (nSPS) is 10.7. The summed E-state index contributed by atoms with van der Waals surface area (Å²) in [5.74, 6) is -0.0610. The monoisotopic (exact) mass is 474 g/mol. The van der Waals surface area contributed by atoms with Crippen molar-refractivity contribution in [2.45, 2.75) is 6.92 Å². The van der Waals surface area contributed by atoms with Gasteiger partial charge in [0.15, 0.2) is 0 Å². The van der Waals surface area contributed by atoms with Crippen LogP contribution >= 0.6 is 0 Å². The summed E-state index contributed by atoms with van der Waals surface area (Å²) in [6, 6.07) is 29.8. The number of para-hydroxylation sites is 3. The second-order valence-electron chi connectivity index (χ2n) is 8.18. The molecule has 0 radical (unpaired) electrons. The van der Waals surface area contributed by atoms with Gasteiger partial charge in [-0.05, 0) is 67.6 Å². The van der Waals surface area contributed by atoms with E-state index < -0.39 is 0 Å². The zero-order valence-corrected chi connectivity index (χ0v) is 19.4. The Balaban J connectivity index is 1.37. The highest BCUT2D eigenvalue weighted by Gasteiger charge is 2.14. The summed E-state index contributed by atoms with van der Waals surface area (Å²) in [5.41, 5.74) is 2.97. The third-order valence-corrected chi connectivity index (χ3v) is 5.79. The van der Waals surface area contributed by atoms with Crippen LogP contribution in [-0.2, 0) is 0 Å². The summed E-state index contributed by atoms with van der Waals surface area (Å²) in [7, 11) is 0. The van der Waals surface area contributed by atoms with Gasteiger partial charge in [-0.2, -0.15) is 0 Å². The molecule has 2 N–H and O–H groups in total. The zero-order valence-electron chi connectivity index (χ0n) is 19.4. The van der Waals surface area contributed by atoms with E-state index in [2.05, 4.69) is 15.6 Å². The molecule has 5 rings (SSSR count). The molecular formula is C29H22N4O3. The largest absolute Gasteiger partial charge is 0.320 e. The molecule has 2 amide bonds. The van der Waals surface area contributed by atoms with Crippen LogP contribution in [0.3, 0.4) is 0 Å². The van der Waals surface area contributed by atoms with Crippen LogP contribution in [0.15, 0.2) is 108 Å². The van der Waals surface area contributed by atoms with Gasteiger partial charge in [-0.25, -0.2) is 4.98 Å². The zero-order chi connectivity index (χ0) is 25.1. The maximum absolute atomic E-state index is 13.0. The van der Waals surface area contributed by atoms with Crippen molar-refractivity contribution in [2.75, 3.05) is 10.6 Å². The van der Waals surface area contributed by atoms with Gasteiger partial charge in [0.1, 0.15) is 5.82 Å². The highest BCUT2D eigenvalue weighted by atomic mass is 16.2. The molecule has 0 aliphatic carbocycles. The molecule has 0 bridgehead atoms. The van der Waals surface area contributed by atoms with Gasteiger partial charge in [0, 0.05) is 11.1 Å². The van der Waals surface area contributed by atoms with Crippen molar-refractivity contribution in [3.05, 3.63) is 130 Å². The predicted molar refractivity (Wildman–Crippen MR) is 141 cm³/mol. The Morgan fingerprint density at radius 2 is 1.19 bits per heavy atom. The SMILES string of the molecule is Cc1nc2ccccc2c(=O)n1-c1ccc(C(=O)Nc2ccccc2NC(=O)c2ccccc2)cc1. The van der Waals surface area contributed by atoms with Gasteiger partial charge in [0.25, 0.3) is 17.4 Å². The van der Waals surface area contributed by atoms with Gasteiger partial charge in [-0.15, -0.1) is 0 Å². The van der Waals surface area contributed by atoms with Crippen LogP contribution in [0.1, 0.15) is 26.5 Å². The Morgan fingerprint density at radius 1 is 0.667 bits per heavy atom. The van der Waals surface area contributed by atoms with Gasteiger partial charge >= 0.3 is 0 Å². The molecular weight excluding hydrogens is 452 g/mol. The third kappa shape index (κ3) is 4.50. The summed E-state index contributed by atoms with van der Waals surface area (Å²) >= 11 is 0. The van der Waals surface area contributed by atoms with Gasteiger partial charge in [-0.3, -0.25) is 19.0 Å². The standard InChI is InChI=1S/C29H22N4O3/c1-19-30-24-12-6-5-11-23(24)29(36)33(19)22-17-15-21(16-18-22)28(35)32-26-14-8-7-13-25(26)31-27(34)20-9-3-2-4-10-20/h2-18H,1H3,(H,31,34)(H,32,35). The van der Waals surface area contributed by atoms with E-state index in [1.165, 1.54) is 4.57 Å². The number of aryl methyl sites for hydroxylation is 1. The van der Waals surface area contributed by atoms with Crippen LogP contribution in [0.25, 0.3) is 16.6 Å². The summed E-state index contributed by atoms with van der Waals surface area (Å²) in [5, 5.41) is 6.22. The van der Waals surface area contributed by atoms with Crippen LogP contribution in [0.2, 0.25) is 0 Å². The number of hydrogen-bond acceptors (Lipinski definition) is 4. The molecule has 0 saturated carbocycles. The van der Waals surface area contributed by atoms with Crippen molar-refractivity contribution in [3.8, 4) is 5.69 Å². The minimum Gasteiger partial charge on any atom is -0.320 e. The average Bonchev–Trinajstić information content (AvgIpc) is 2.90. The number of aromatic nitrogens is 2. The summed E-state index contributed by atoms with van der Waals surface area (Å²) < 4.78 is 1.53. The van der Waals surface area contributed by atoms with Gasteiger partial charge < -0.3 is 10.6 Å². The average molecular weight is 475 g/mol. The third-order valence-electron chi connectivity index (χ3n) is 5.79. The number of hydrogen-bond donors (Lipinski definition) is 2. The summed E-state index contributed by atoms with van der Waals surface area (Å²) in [6.45, 7) is 1.77. The second-order valence-corrected chi connectivity index (χ2v) is 8.18. The lowest BCUT2D eigenvalue weighted by Gasteiger charge is -2.13. The fraction of sp³-hybridized carbons (Fsp3) is 0.0345. The molecule has 176 valence electrons. The molecule has 1 aromatic heterocycles. The Hall–Kier alpha value is -5.04. The number of carbonyl (C=O) groups excluding carboxylic acids is 2. The molecule has 7 heteroatoms. The highest BCUT2D eigenvalue weighted by Crippen LogP contribution is 2.23. The number of fused-ring (bicyclic) bond motifs is 1. The van der Waals surface area contributed by atoms with Gasteiger partial charge in [0.2, 0.25) is 0 Å². The van der Waals surface area contributed by atoms with Gasteiger partial charge in [0.05, 0.1) is 28.0 Å². The molecule has 5 aromatic rings. The van der Waals surface area contributed by atoms with E-state index in [0.717, 1.165) is 0 Å². The lowest BCUT2D eigenvalue weighted by atomic mass is 10.1. The minimum absolute atomic E-state index is 0.168. The first-order valence-electron chi connectivity index (χ1n) is 11.4. The number of anilines is 2. The number of nitrogens with zero attached hydrogens (tertiary/aromatic N) is 2. The number of benzene rings is 4. The molecule has 7 nitrogen and oxygen atoms in total. The van der Waals surface area contributed by atoms with Crippen molar-refractivity contribution in [1.82, 2.24) is 9.55 Å². The van der Waals surface area contributed by atoms with E-state index in [4.69, 9.17) is 0 Å². The molecule has 4 aromatic carbocycles. The van der Waals surface area contributed by atoms with Crippen molar-refractivity contribution < 1.29 is 9.59 Å². The molecule has 0 aliphatic heterocycles. The maximum Gasteiger partial charge on any atom is 0.265 e. The summed E-state index contributed by atoms with van der Waals surface area (Å²) in [4.78, 5) is 43.1. The Bertz CT molecular complexity index is 1640. The van der Waals surface area contributed by atoms with Crippen LogP contribution < -0.4 is 16.2 Å². The first-order valence-corrected chi connectivity index (χ1v) is 11.4. The van der Waals surface area contributed by atoms with Crippen molar-refractivity contribution in [2.24, 2.45) is 0 Å². The van der Waals surface area contributed by atoms with Crippen LogP contribution in [0, 0.1) is 6.92 Å².